The van der Waals surface area contributed by atoms with Gasteiger partial charge in [-0.05, 0) is 13.5 Å². The zero-order valence-corrected chi connectivity index (χ0v) is 10.5. The molecule has 102 valence electrons. The standard InChI is InChI=1S/C11H17F3N4/c1-3-4-18(8-11(12,13)14)10-7-16-6-9(17-10)5-15-2/h6-7,15H,3-5,8H2,1-2H3. The molecule has 7 heteroatoms. The topological polar surface area (TPSA) is 41.1 Å². The number of alkyl halides is 3. The van der Waals surface area contributed by atoms with Crippen LogP contribution in [0, 0.1) is 0 Å². The van der Waals surface area contributed by atoms with E-state index in [1.54, 1.807) is 7.05 Å². The Bertz CT molecular complexity index is 368. The van der Waals surface area contributed by atoms with Crippen molar-refractivity contribution in [3.05, 3.63) is 18.1 Å². The van der Waals surface area contributed by atoms with Gasteiger partial charge in [-0.2, -0.15) is 13.2 Å². The normalized spacial score (nSPS) is 11.6. The minimum atomic E-state index is -4.24. The summed E-state index contributed by atoms with van der Waals surface area (Å²) < 4.78 is 37.4. The molecule has 1 heterocycles. The van der Waals surface area contributed by atoms with Gasteiger partial charge in [0, 0.05) is 19.3 Å². The van der Waals surface area contributed by atoms with Crippen LogP contribution in [0.1, 0.15) is 19.0 Å². The lowest BCUT2D eigenvalue weighted by atomic mass is 10.3. The van der Waals surface area contributed by atoms with Crippen LogP contribution in [0.4, 0.5) is 19.0 Å². The molecule has 0 amide bonds. The molecule has 0 saturated carbocycles. The fourth-order valence-corrected chi connectivity index (χ4v) is 1.57. The van der Waals surface area contributed by atoms with Crippen LogP contribution in [0.2, 0.25) is 0 Å². The maximum Gasteiger partial charge on any atom is 0.405 e. The first-order valence-electron chi connectivity index (χ1n) is 5.73. The molecule has 0 saturated heterocycles. The zero-order valence-electron chi connectivity index (χ0n) is 10.5. The third kappa shape index (κ3) is 4.87. The summed E-state index contributed by atoms with van der Waals surface area (Å²) in [6.07, 6.45) is -0.720. The molecule has 1 aromatic heterocycles. The second-order valence-electron chi connectivity index (χ2n) is 3.94. The fraction of sp³-hybridized carbons (Fsp3) is 0.636. The maximum absolute atomic E-state index is 12.5. The molecule has 1 aromatic rings. The fourth-order valence-electron chi connectivity index (χ4n) is 1.57. The van der Waals surface area contributed by atoms with Crippen LogP contribution in [0.15, 0.2) is 12.4 Å². The molecule has 0 aliphatic rings. The van der Waals surface area contributed by atoms with Gasteiger partial charge < -0.3 is 10.2 Å². The number of nitrogens with one attached hydrogen (secondary N) is 1. The first-order valence-corrected chi connectivity index (χ1v) is 5.73. The largest absolute Gasteiger partial charge is 0.405 e. The Morgan fingerprint density at radius 2 is 2.06 bits per heavy atom. The Morgan fingerprint density at radius 3 is 2.61 bits per heavy atom. The van der Waals surface area contributed by atoms with Crippen molar-refractivity contribution in [1.82, 2.24) is 15.3 Å². The molecular weight excluding hydrogens is 245 g/mol. The van der Waals surface area contributed by atoms with E-state index in [1.165, 1.54) is 17.3 Å². The van der Waals surface area contributed by atoms with E-state index in [9.17, 15) is 13.2 Å². The Morgan fingerprint density at radius 1 is 1.33 bits per heavy atom. The van der Waals surface area contributed by atoms with Crippen molar-refractivity contribution in [2.75, 3.05) is 25.0 Å². The second kappa shape index (κ2) is 6.53. The quantitative estimate of drug-likeness (QED) is 0.851. The average molecular weight is 262 g/mol. The third-order valence-corrected chi connectivity index (χ3v) is 2.22. The lowest BCUT2D eigenvalue weighted by Gasteiger charge is -2.24. The lowest BCUT2D eigenvalue weighted by Crippen LogP contribution is -2.35. The van der Waals surface area contributed by atoms with Gasteiger partial charge in [-0.3, -0.25) is 4.98 Å². The summed E-state index contributed by atoms with van der Waals surface area (Å²) in [5.74, 6) is 0.266. The van der Waals surface area contributed by atoms with E-state index in [1.807, 2.05) is 6.92 Å². The van der Waals surface area contributed by atoms with E-state index in [0.29, 0.717) is 25.2 Å². The van der Waals surface area contributed by atoms with Crippen LogP contribution in [0.5, 0.6) is 0 Å². The van der Waals surface area contributed by atoms with Crippen molar-refractivity contribution in [3.63, 3.8) is 0 Å². The molecule has 0 aliphatic heterocycles. The predicted octanol–water partition coefficient (Wildman–Crippen LogP) is 1.97. The molecular formula is C11H17F3N4. The summed E-state index contributed by atoms with van der Waals surface area (Å²) in [5.41, 5.74) is 0.623. The van der Waals surface area contributed by atoms with Gasteiger partial charge in [0.1, 0.15) is 12.4 Å². The van der Waals surface area contributed by atoms with Gasteiger partial charge in [0.25, 0.3) is 0 Å². The van der Waals surface area contributed by atoms with E-state index >= 15 is 0 Å². The van der Waals surface area contributed by atoms with Gasteiger partial charge in [0.05, 0.1) is 11.9 Å². The van der Waals surface area contributed by atoms with Crippen molar-refractivity contribution in [2.24, 2.45) is 0 Å². The molecule has 4 nitrogen and oxygen atoms in total. The molecule has 0 atom stereocenters. The van der Waals surface area contributed by atoms with Crippen molar-refractivity contribution in [2.45, 2.75) is 26.1 Å². The van der Waals surface area contributed by atoms with Crippen LogP contribution >= 0.6 is 0 Å². The number of nitrogens with zero attached hydrogens (tertiary/aromatic N) is 3. The molecule has 0 aliphatic carbocycles. The van der Waals surface area contributed by atoms with E-state index in [2.05, 4.69) is 15.3 Å². The Labute approximate surface area is 104 Å². The Balaban J connectivity index is 2.87. The number of aromatic nitrogens is 2. The van der Waals surface area contributed by atoms with Crippen molar-refractivity contribution < 1.29 is 13.2 Å². The molecule has 0 aromatic carbocycles. The highest BCUT2D eigenvalue weighted by Crippen LogP contribution is 2.20. The molecule has 0 radical (unpaired) electrons. The summed E-state index contributed by atoms with van der Waals surface area (Å²) in [5, 5.41) is 2.89. The summed E-state index contributed by atoms with van der Waals surface area (Å²) >= 11 is 0. The molecule has 0 unspecified atom stereocenters. The van der Waals surface area contributed by atoms with Gasteiger partial charge in [-0.1, -0.05) is 6.92 Å². The highest BCUT2D eigenvalue weighted by atomic mass is 19.4. The SMILES string of the molecule is CCCN(CC(F)(F)F)c1cncc(CNC)n1. The third-order valence-electron chi connectivity index (χ3n) is 2.22. The van der Waals surface area contributed by atoms with Crippen LogP contribution in [0.3, 0.4) is 0 Å². The number of hydrogen-bond donors (Lipinski definition) is 1. The van der Waals surface area contributed by atoms with Crippen molar-refractivity contribution in [1.29, 1.82) is 0 Å². The highest BCUT2D eigenvalue weighted by Gasteiger charge is 2.31. The molecule has 0 bridgehead atoms. The summed E-state index contributed by atoms with van der Waals surface area (Å²) in [7, 11) is 1.74. The van der Waals surface area contributed by atoms with Crippen molar-refractivity contribution >= 4 is 5.82 Å². The van der Waals surface area contributed by atoms with Crippen LogP contribution in [0.25, 0.3) is 0 Å². The molecule has 18 heavy (non-hydrogen) atoms. The zero-order chi connectivity index (χ0) is 13.6. The van der Waals surface area contributed by atoms with Crippen molar-refractivity contribution in [3.8, 4) is 0 Å². The Kier molecular flexibility index (Phi) is 5.33. The van der Waals surface area contributed by atoms with E-state index in [4.69, 9.17) is 0 Å². The number of anilines is 1. The molecule has 1 N–H and O–H groups in total. The van der Waals surface area contributed by atoms with Crippen LogP contribution < -0.4 is 10.2 Å². The molecule has 0 fully saturated rings. The molecule has 1 rings (SSSR count). The number of rotatable bonds is 6. The summed E-state index contributed by atoms with van der Waals surface area (Å²) in [6.45, 7) is 1.61. The van der Waals surface area contributed by atoms with E-state index in [0.717, 1.165) is 0 Å². The van der Waals surface area contributed by atoms with E-state index in [-0.39, 0.29) is 5.82 Å². The first-order chi connectivity index (χ1) is 8.46. The highest BCUT2D eigenvalue weighted by molar-refractivity contribution is 5.36. The minimum Gasteiger partial charge on any atom is -0.346 e. The lowest BCUT2D eigenvalue weighted by molar-refractivity contribution is -0.119. The van der Waals surface area contributed by atoms with Gasteiger partial charge >= 0.3 is 6.18 Å². The average Bonchev–Trinajstić information content (AvgIpc) is 2.28. The predicted molar refractivity (Wildman–Crippen MR) is 63.4 cm³/mol. The first kappa shape index (κ1) is 14.7. The number of halogens is 3. The van der Waals surface area contributed by atoms with Gasteiger partial charge in [0.15, 0.2) is 0 Å². The minimum absolute atomic E-state index is 0.266. The van der Waals surface area contributed by atoms with E-state index < -0.39 is 12.7 Å². The summed E-state index contributed by atoms with van der Waals surface area (Å²) in [6, 6.07) is 0. The van der Waals surface area contributed by atoms with Gasteiger partial charge in [0.2, 0.25) is 0 Å². The van der Waals surface area contributed by atoms with Crippen LogP contribution in [-0.2, 0) is 6.54 Å². The number of hydrogen-bond acceptors (Lipinski definition) is 4. The smallest absolute Gasteiger partial charge is 0.346 e. The Hall–Kier alpha value is -1.37. The second-order valence-corrected chi connectivity index (χ2v) is 3.94. The maximum atomic E-state index is 12.5. The molecule has 0 spiro atoms. The van der Waals surface area contributed by atoms with Gasteiger partial charge in [-0.15, -0.1) is 0 Å². The summed E-state index contributed by atoms with van der Waals surface area (Å²) in [4.78, 5) is 9.29. The monoisotopic (exact) mass is 262 g/mol. The van der Waals surface area contributed by atoms with Crippen LogP contribution in [-0.4, -0.2) is 36.3 Å². The van der Waals surface area contributed by atoms with Gasteiger partial charge in [-0.25, -0.2) is 4.98 Å².